The molecule has 2 amide bonds. The van der Waals surface area contributed by atoms with Crippen molar-refractivity contribution in [3.63, 3.8) is 0 Å². The van der Waals surface area contributed by atoms with Crippen molar-refractivity contribution in [3.05, 3.63) is 35.1 Å². The van der Waals surface area contributed by atoms with Crippen molar-refractivity contribution in [1.82, 2.24) is 10.2 Å². The maximum atomic E-state index is 13.5. The van der Waals surface area contributed by atoms with Crippen LogP contribution in [0.2, 0.25) is 0 Å². The first-order valence-electron chi connectivity index (χ1n) is 8.56. The third-order valence-electron chi connectivity index (χ3n) is 5.23. The van der Waals surface area contributed by atoms with Crippen LogP contribution >= 0.6 is 0 Å². The summed E-state index contributed by atoms with van der Waals surface area (Å²) in [5.41, 5.74) is 2.05. The molecular formula is C18H25FN2O2. The molecular weight excluding hydrogens is 295 g/mol. The number of likely N-dealkylation sites (tertiary alicyclic amines) is 1. The predicted molar refractivity (Wildman–Crippen MR) is 86.6 cm³/mol. The average molecular weight is 320 g/mol. The number of urea groups is 1. The lowest BCUT2D eigenvalue weighted by Crippen LogP contribution is -2.47. The van der Waals surface area contributed by atoms with E-state index >= 15 is 0 Å². The van der Waals surface area contributed by atoms with Gasteiger partial charge in [0.05, 0.1) is 12.1 Å². The molecule has 2 N–H and O–H groups in total. The second-order valence-corrected chi connectivity index (χ2v) is 6.80. The summed E-state index contributed by atoms with van der Waals surface area (Å²) in [5, 5.41) is 12.7. The normalized spacial score (nSPS) is 23.3. The number of hydrogen-bond donors (Lipinski definition) is 2. The molecule has 0 radical (unpaired) electrons. The van der Waals surface area contributed by atoms with Crippen LogP contribution in [0.15, 0.2) is 18.2 Å². The number of aliphatic hydroxyl groups is 1. The maximum Gasteiger partial charge on any atom is 0.317 e. The number of carbonyl (C=O) groups excluding carboxylic acids is 1. The molecule has 0 spiro atoms. The zero-order chi connectivity index (χ0) is 16.4. The van der Waals surface area contributed by atoms with E-state index in [1.165, 1.54) is 6.07 Å². The molecule has 1 saturated heterocycles. The number of benzene rings is 1. The molecule has 5 heteroatoms. The Morgan fingerprint density at radius 2 is 2.09 bits per heavy atom. The Morgan fingerprint density at radius 3 is 2.78 bits per heavy atom. The van der Waals surface area contributed by atoms with Crippen LogP contribution < -0.4 is 5.32 Å². The van der Waals surface area contributed by atoms with E-state index in [-0.39, 0.29) is 29.9 Å². The highest BCUT2D eigenvalue weighted by molar-refractivity contribution is 5.75. The standard InChI is InChI=1S/C18H25FN2O2/c1-12(22)13-7-9-21(10-8-13)18(23)20-17-4-2-3-14-5-6-15(19)11-16(14)17/h5-6,11-13,17,22H,2-4,7-10H2,1H3,(H,20,23). The maximum absolute atomic E-state index is 13.5. The second kappa shape index (κ2) is 6.87. The fourth-order valence-corrected chi connectivity index (χ4v) is 3.75. The summed E-state index contributed by atoms with van der Waals surface area (Å²) in [6.45, 7) is 3.15. The minimum atomic E-state index is -0.312. The molecule has 4 nitrogen and oxygen atoms in total. The Bertz CT molecular complexity index is 568. The highest BCUT2D eigenvalue weighted by Crippen LogP contribution is 2.30. The van der Waals surface area contributed by atoms with Gasteiger partial charge in [-0.1, -0.05) is 6.07 Å². The Labute approximate surface area is 136 Å². The smallest absolute Gasteiger partial charge is 0.317 e. The van der Waals surface area contributed by atoms with Gasteiger partial charge in [0, 0.05) is 13.1 Å². The third kappa shape index (κ3) is 3.66. The lowest BCUT2D eigenvalue weighted by Gasteiger charge is -2.35. The predicted octanol–water partition coefficient (Wildman–Crippen LogP) is 3.01. The van der Waals surface area contributed by atoms with Crippen molar-refractivity contribution in [2.45, 2.75) is 51.2 Å². The molecule has 1 heterocycles. The molecule has 1 aliphatic heterocycles. The Balaban J connectivity index is 1.62. The van der Waals surface area contributed by atoms with E-state index in [2.05, 4.69) is 5.32 Å². The van der Waals surface area contributed by atoms with Gasteiger partial charge in [-0.2, -0.15) is 0 Å². The number of amides is 2. The molecule has 23 heavy (non-hydrogen) atoms. The third-order valence-corrected chi connectivity index (χ3v) is 5.23. The first-order valence-corrected chi connectivity index (χ1v) is 8.56. The van der Waals surface area contributed by atoms with Gasteiger partial charge in [0.15, 0.2) is 0 Å². The summed E-state index contributed by atoms with van der Waals surface area (Å²) in [4.78, 5) is 14.3. The molecule has 2 unspecified atom stereocenters. The Kier molecular flexibility index (Phi) is 4.85. The number of aryl methyl sites for hydroxylation is 1. The molecule has 0 aromatic heterocycles. The fourth-order valence-electron chi connectivity index (χ4n) is 3.75. The molecule has 3 rings (SSSR count). The van der Waals surface area contributed by atoms with Crippen LogP contribution in [0, 0.1) is 11.7 Å². The summed E-state index contributed by atoms with van der Waals surface area (Å²) in [7, 11) is 0. The number of nitrogens with one attached hydrogen (secondary N) is 1. The van der Waals surface area contributed by atoms with E-state index in [1.54, 1.807) is 6.07 Å². The van der Waals surface area contributed by atoms with Crippen LogP contribution in [-0.2, 0) is 6.42 Å². The number of hydrogen-bond acceptors (Lipinski definition) is 2. The lowest BCUT2D eigenvalue weighted by molar-refractivity contribution is 0.0792. The number of piperidine rings is 1. The first kappa shape index (κ1) is 16.2. The van der Waals surface area contributed by atoms with Gasteiger partial charge in [0.1, 0.15) is 5.82 Å². The highest BCUT2D eigenvalue weighted by Gasteiger charge is 2.28. The van der Waals surface area contributed by atoms with Crippen molar-refractivity contribution in [2.24, 2.45) is 5.92 Å². The molecule has 0 saturated carbocycles. The largest absolute Gasteiger partial charge is 0.393 e. The number of aliphatic hydroxyl groups excluding tert-OH is 1. The number of fused-ring (bicyclic) bond motifs is 1. The quantitative estimate of drug-likeness (QED) is 0.880. The molecule has 2 aliphatic rings. The minimum absolute atomic E-state index is 0.0730. The van der Waals surface area contributed by atoms with Crippen LogP contribution in [0.4, 0.5) is 9.18 Å². The van der Waals surface area contributed by atoms with Crippen LogP contribution in [0.3, 0.4) is 0 Å². The SMILES string of the molecule is CC(O)C1CCN(C(=O)NC2CCCc3ccc(F)cc32)CC1. The number of carbonyl (C=O) groups is 1. The summed E-state index contributed by atoms with van der Waals surface area (Å²) >= 11 is 0. The molecule has 126 valence electrons. The van der Waals surface area contributed by atoms with E-state index in [4.69, 9.17) is 0 Å². The van der Waals surface area contributed by atoms with E-state index < -0.39 is 0 Å². The van der Waals surface area contributed by atoms with Gasteiger partial charge in [-0.3, -0.25) is 0 Å². The second-order valence-electron chi connectivity index (χ2n) is 6.80. The van der Waals surface area contributed by atoms with Gasteiger partial charge in [-0.15, -0.1) is 0 Å². The van der Waals surface area contributed by atoms with Crippen LogP contribution in [0.25, 0.3) is 0 Å². The van der Waals surface area contributed by atoms with Crippen LogP contribution in [0.1, 0.15) is 49.8 Å². The molecule has 2 atom stereocenters. The van der Waals surface area contributed by atoms with E-state index in [0.717, 1.165) is 43.2 Å². The summed E-state index contributed by atoms with van der Waals surface area (Å²) < 4.78 is 13.5. The van der Waals surface area contributed by atoms with E-state index in [1.807, 2.05) is 17.9 Å². The van der Waals surface area contributed by atoms with Gasteiger partial charge in [0.2, 0.25) is 0 Å². The van der Waals surface area contributed by atoms with Gasteiger partial charge in [0.25, 0.3) is 0 Å². The van der Waals surface area contributed by atoms with Gasteiger partial charge < -0.3 is 15.3 Å². The summed E-state index contributed by atoms with van der Waals surface area (Å²) in [6.07, 6.45) is 4.16. The Morgan fingerprint density at radius 1 is 1.35 bits per heavy atom. The van der Waals surface area contributed by atoms with E-state index in [0.29, 0.717) is 13.1 Å². The fraction of sp³-hybridized carbons (Fsp3) is 0.611. The van der Waals surface area contributed by atoms with Crippen molar-refractivity contribution < 1.29 is 14.3 Å². The van der Waals surface area contributed by atoms with Gasteiger partial charge >= 0.3 is 6.03 Å². The zero-order valence-corrected chi connectivity index (χ0v) is 13.6. The van der Waals surface area contributed by atoms with Crippen molar-refractivity contribution in [2.75, 3.05) is 13.1 Å². The van der Waals surface area contributed by atoms with Crippen LogP contribution in [-0.4, -0.2) is 35.2 Å². The Hall–Kier alpha value is -1.62. The molecule has 1 fully saturated rings. The van der Waals surface area contributed by atoms with Gasteiger partial charge in [-0.05, 0) is 68.2 Å². The molecule has 1 aliphatic carbocycles. The van der Waals surface area contributed by atoms with Gasteiger partial charge in [-0.25, -0.2) is 9.18 Å². The molecule has 0 bridgehead atoms. The van der Waals surface area contributed by atoms with Crippen molar-refractivity contribution in [3.8, 4) is 0 Å². The summed E-state index contributed by atoms with van der Waals surface area (Å²) in [6, 6.07) is 4.70. The average Bonchev–Trinajstić information content (AvgIpc) is 2.55. The zero-order valence-electron chi connectivity index (χ0n) is 13.6. The molecule has 1 aromatic rings. The van der Waals surface area contributed by atoms with E-state index in [9.17, 15) is 14.3 Å². The number of rotatable bonds is 2. The minimum Gasteiger partial charge on any atom is -0.393 e. The van der Waals surface area contributed by atoms with Crippen molar-refractivity contribution in [1.29, 1.82) is 0 Å². The monoisotopic (exact) mass is 320 g/mol. The van der Waals surface area contributed by atoms with Crippen LogP contribution in [0.5, 0.6) is 0 Å². The lowest BCUT2D eigenvalue weighted by atomic mass is 9.87. The topological polar surface area (TPSA) is 52.6 Å². The first-order chi connectivity index (χ1) is 11.0. The molecule has 1 aromatic carbocycles. The highest BCUT2D eigenvalue weighted by atomic mass is 19.1. The number of nitrogens with zero attached hydrogens (tertiary/aromatic N) is 1. The van der Waals surface area contributed by atoms with Crippen molar-refractivity contribution >= 4 is 6.03 Å². The number of halogens is 1. The summed E-state index contributed by atoms with van der Waals surface area (Å²) in [5.74, 6) is 0.0335.